The van der Waals surface area contributed by atoms with Gasteiger partial charge in [0.15, 0.2) is 12.3 Å². The largest absolute Gasteiger partial charge is 0.416 e. The minimum absolute atomic E-state index is 0.273. The zero-order valence-corrected chi connectivity index (χ0v) is 12.4. The van der Waals surface area contributed by atoms with Gasteiger partial charge in [0, 0.05) is 6.20 Å². The lowest BCUT2D eigenvalue weighted by Gasteiger charge is -2.27. The number of hydrazone groups is 1. The van der Waals surface area contributed by atoms with Crippen LogP contribution in [0.25, 0.3) is 0 Å². The van der Waals surface area contributed by atoms with Gasteiger partial charge in [0.2, 0.25) is 0 Å². The van der Waals surface area contributed by atoms with Crippen molar-refractivity contribution in [1.29, 1.82) is 5.26 Å². The monoisotopic (exact) mass is 412 g/mol. The Labute approximate surface area is 131 Å². The molecule has 0 saturated carbocycles. The van der Waals surface area contributed by atoms with Crippen LogP contribution in [-0.2, 0) is 3.07 Å². The molecule has 0 saturated heterocycles. The molecule has 0 bridgehead atoms. The van der Waals surface area contributed by atoms with Gasteiger partial charge in [0.05, 0.1) is 17.8 Å². The molecule has 3 unspecified atom stereocenters. The quantitative estimate of drug-likeness (QED) is 0.769. The van der Waals surface area contributed by atoms with Crippen molar-refractivity contribution in [2.45, 2.75) is 18.5 Å². The minimum Gasteiger partial charge on any atom is -0.371 e. The number of halogens is 4. The van der Waals surface area contributed by atoms with Crippen LogP contribution in [0.15, 0.2) is 29.6 Å². The average molecular weight is 412 g/mol. The number of aliphatic hydroxyl groups is 1. The fourth-order valence-electron chi connectivity index (χ4n) is 1.94. The summed E-state index contributed by atoms with van der Waals surface area (Å²) in [6.07, 6.45) is -5.98. The summed E-state index contributed by atoms with van der Waals surface area (Å²) in [6.45, 7) is 0. The Morgan fingerprint density at radius 1 is 1.52 bits per heavy atom. The molecule has 1 aliphatic heterocycles. The van der Waals surface area contributed by atoms with E-state index in [0.29, 0.717) is 0 Å². The van der Waals surface area contributed by atoms with Gasteiger partial charge in [-0.05, 0) is 12.1 Å². The van der Waals surface area contributed by atoms with Gasteiger partial charge in [-0.2, -0.15) is 23.5 Å². The zero-order chi connectivity index (χ0) is 15.6. The molecule has 1 aromatic heterocycles. The standard InChI is InChI=1S/C11H8F3IN4O2/c12-11(13,14)9(21-15)8-7(4-16)18-19(10(8)20)6-2-1-3-17-5-6/h1-3,5,8-10,20H. The van der Waals surface area contributed by atoms with E-state index in [-0.39, 0.29) is 5.69 Å². The van der Waals surface area contributed by atoms with E-state index < -0.39 is 30.1 Å². The lowest BCUT2D eigenvalue weighted by molar-refractivity contribution is -0.201. The highest BCUT2D eigenvalue weighted by Gasteiger charge is 2.54. The molecule has 21 heavy (non-hydrogen) atoms. The number of alkyl halides is 3. The van der Waals surface area contributed by atoms with Crippen LogP contribution < -0.4 is 5.01 Å². The van der Waals surface area contributed by atoms with Crippen LogP contribution >= 0.6 is 23.0 Å². The van der Waals surface area contributed by atoms with Crippen LogP contribution in [0.2, 0.25) is 0 Å². The smallest absolute Gasteiger partial charge is 0.371 e. The molecule has 10 heteroatoms. The molecule has 2 heterocycles. The molecule has 0 spiro atoms. The number of hydrogen-bond acceptors (Lipinski definition) is 6. The van der Waals surface area contributed by atoms with Gasteiger partial charge in [-0.1, -0.05) is 0 Å². The number of rotatable bonds is 3. The Balaban J connectivity index is 2.38. The summed E-state index contributed by atoms with van der Waals surface area (Å²) < 4.78 is 43.2. The molecular formula is C11H8F3IN4O2. The number of anilines is 1. The molecule has 0 fully saturated rings. The van der Waals surface area contributed by atoms with Crippen LogP contribution in [-0.4, -0.2) is 34.3 Å². The minimum atomic E-state index is -4.74. The summed E-state index contributed by atoms with van der Waals surface area (Å²) in [7, 11) is 0. The van der Waals surface area contributed by atoms with Crippen LogP contribution in [0.1, 0.15) is 0 Å². The molecule has 0 aliphatic carbocycles. The van der Waals surface area contributed by atoms with E-state index >= 15 is 0 Å². The van der Waals surface area contributed by atoms with E-state index in [9.17, 15) is 18.3 Å². The highest BCUT2D eigenvalue weighted by atomic mass is 127. The van der Waals surface area contributed by atoms with Crippen molar-refractivity contribution in [2.75, 3.05) is 5.01 Å². The number of pyridine rings is 1. The van der Waals surface area contributed by atoms with Gasteiger partial charge in [0.25, 0.3) is 0 Å². The van der Waals surface area contributed by atoms with E-state index in [1.165, 1.54) is 24.5 Å². The topological polar surface area (TPSA) is 81.7 Å². The van der Waals surface area contributed by atoms with Crippen LogP contribution in [0.5, 0.6) is 0 Å². The number of aromatic nitrogens is 1. The van der Waals surface area contributed by atoms with Crippen molar-refractivity contribution in [3.05, 3.63) is 24.5 Å². The molecule has 1 N–H and O–H groups in total. The Bertz CT molecular complexity index is 575. The molecule has 1 aromatic rings. The summed E-state index contributed by atoms with van der Waals surface area (Å²) in [4.78, 5) is 3.79. The SMILES string of the molecule is N#CC1=NN(c2cccnc2)C(O)C1C(OI)C(F)(F)F. The van der Waals surface area contributed by atoms with Crippen LogP contribution in [0, 0.1) is 17.2 Å². The third-order valence-corrected chi connectivity index (χ3v) is 3.42. The highest BCUT2D eigenvalue weighted by molar-refractivity contribution is 14.1. The second-order valence-corrected chi connectivity index (χ2v) is 4.65. The Hall–Kier alpha value is -1.45. The van der Waals surface area contributed by atoms with E-state index in [2.05, 4.69) is 13.2 Å². The lowest BCUT2D eigenvalue weighted by Crippen LogP contribution is -2.47. The maximum absolute atomic E-state index is 12.9. The first-order chi connectivity index (χ1) is 9.90. The van der Waals surface area contributed by atoms with Crippen LogP contribution in [0.4, 0.5) is 18.9 Å². The molecular weight excluding hydrogens is 404 g/mol. The first kappa shape index (κ1) is 15.9. The summed E-state index contributed by atoms with van der Waals surface area (Å²) in [5, 5.41) is 23.7. The van der Waals surface area contributed by atoms with Gasteiger partial charge in [-0.25, -0.2) is 5.01 Å². The van der Waals surface area contributed by atoms with Crippen molar-refractivity contribution in [3.8, 4) is 6.07 Å². The molecule has 2 rings (SSSR count). The molecule has 0 radical (unpaired) electrons. The van der Waals surface area contributed by atoms with E-state index in [1.807, 2.05) is 0 Å². The predicted octanol–water partition coefficient (Wildman–Crippen LogP) is 2.01. The van der Waals surface area contributed by atoms with Gasteiger partial charge in [-0.3, -0.25) is 4.98 Å². The average Bonchev–Trinajstić information content (AvgIpc) is 2.77. The number of hydrogen-bond donors (Lipinski definition) is 1. The maximum atomic E-state index is 12.9. The summed E-state index contributed by atoms with van der Waals surface area (Å²) in [6, 6.07) is 4.61. The van der Waals surface area contributed by atoms with Crippen molar-refractivity contribution < 1.29 is 21.3 Å². The molecule has 1 aliphatic rings. The number of aliphatic hydroxyl groups excluding tert-OH is 1. The molecule has 112 valence electrons. The maximum Gasteiger partial charge on any atom is 0.416 e. The summed E-state index contributed by atoms with van der Waals surface area (Å²) in [5.74, 6) is -1.63. The van der Waals surface area contributed by atoms with Gasteiger partial charge >= 0.3 is 6.18 Å². The first-order valence-corrected chi connectivity index (χ1v) is 6.48. The molecule has 0 aromatic carbocycles. The Kier molecular flexibility index (Phi) is 4.64. The number of nitrogens with zero attached hydrogens (tertiary/aromatic N) is 4. The Morgan fingerprint density at radius 3 is 2.71 bits per heavy atom. The molecule has 6 nitrogen and oxygen atoms in total. The third-order valence-electron chi connectivity index (χ3n) is 2.87. The fourth-order valence-corrected chi connectivity index (χ4v) is 2.55. The van der Waals surface area contributed by atoms with Gasteiger partial charge < -0.3 is 8.17 Å². The normalized spacial score (nSPS) is 23.6. The zero-order valence-electron chi connectivity index (χ0n) is 10.2. The fraction of sp³-hybridized carbons (Fsp3) is 0.364. The van der Waals surface area contributed by atoms with E-state index in [4.69, 9.17) is 5.26 Å². The predicted molar refractivity (Wildman–Crippen MR) is 74.2 cm³/mol. The first-order valence-electron chi connectivity index (χ1n) is 5.60. The molecule has 3 atom stereocenters. The van der Waals surface area contributed by atoms with Crippen molar-refractivity contribution in [1.82, 2.24) is 4.98 Å². The van der Waals surface area contributed by atoms with Gasteiger partial charge in [-0.15, -0.1) is 0 Å². The van der Waals surface area contributed by atoms with Crippen molar-refractivity contribution in [3.63, 3.8) is 0 Å². The highest BCUT2D eigenvalue weighted by Crippen LogP contribution is 2.37. The molecule has 0 amide bonds. The summed E-state index contributed by atoms with van der Waals surface area (Å²) >= 11 is 1.10. The Morgan fingerprint density at radius 2 is 2.24 bits per heavy atom. The van der Waals surface area contributed by atoms with E-state index in [1.54, 1.807) is 6.07 Å². The lowest BCUT2D eigenvalue weighted by atomic mass is 9.95. The summed E-state index contributed by atoms with van der Waals surface area (Å²) in [5.41, 5.74) is -0.181. The van der Waals surface area contributed by atoms with Crippen LogP contribution in [0.3, 0.4) is 0 Å². The second-order valence-electron chi connectivity index (χ2n) is 4.14. The third kappa shape index (κ3) is 3.09. The van der Waals surface area contributed by atoms with Crippen molar-refractivity contribution in [2.24, 2.45) is 11.0 Å². The van der Waals surface area contributed by atoms with Crippen molar-refractivity contribution >= 4 is 34.4 Å². The second kappa shape index (κ2) is 6.12. The van der Waals surface area contributed by atoms with E-state index in [0.717, 1.165) is 28.0 Å². The number of nitriles is 1. The van der Waals surface area contributed by atoms with Gasteiger partial charge in [0.1, 0.15) is 34.8 Å².